The molecule has 0 aliphatic rings. The molecular formula is C29H21F9O8S4. The molecule has 272 valence electrons. The Balaban J connectivity index is 0.000000338. The van der Waals surface area contributed by atoms with Gasteiger partial charge in [-0.25, -0.2) is 16.8 Å². The van der Waals surface area contributed by atoms with Crippen molar-refractivity contribution in [3.05, 3.63) is 115 Å². The van der Waals surface area contributed by atoms with Gasteiger partial charge in [-0.2, -0.15) is 47.9 Å². The summed E-state index contributed by atoms with van der Waals surface area (Å²) in [6.07, 6.45) is -7.16. The van der Waals surface area contributed by atoms with Crippen molar-refractivity contribution in [3.8, 4) is 5.75 Å². The fraction of sp³-hybridized carbons (Fsp3) is 0.172. The first-order valence-electron chi connectivity index (χ1n) is 13.1. The molecule has 0 aromatic heterocycles. The van der Waals surface area contributed by atoms with Gasteiger partial charge in [-0.05, 0) is 67.6 Å². The highest BCUT2D eigenvalue weighted by Gasteiger charge is 2.83. The minimum absolute atomic E-state index is 0.0703. The molecule has 0 saturated heterocycles. The molecule has 0 bridgehead atoms. The zero-order valence-corrected chi connectivity index (χ0v) is 28.0. The number of hydrogen-bond donors (Lipinski definition) is 0. The number of alkyl halides is 9. The highest BCUT2D eigenvalue weighted by atomic mass is 33.2. The summed E-state index contributed by atoms with van der Waals surface area (Å²) in [5.41, 5.74) is 0.815. The monoisotopic (exact) mass is 796 g/mol. The van der Waals surface area contributed by atoms with Crippen molar-refractivity contribution in [3.63, 3.8) is 0 Å². The van der Waals surface area contributed by atoms with Gasteiger partial charge in [-0.1, -0.05) is 54.1 Å². The Hall–Kier alpha value is -3.79. The standard InChI is InChI=1S/C25H21O5S3.C4HF9O3S/c1-20-12-18-25(19-13-20)32(26,27)33(28,29)30-21-14-16-24(17-15-21)31(22-8-4-2-5-9-22)23-10-6-3-7-11-23;5-1(6,3(9,10)11)2(7,8)4(12,13)17(14,15)16/h2-19H,1H3;(H,14,15,16)/q+1;/p-1. The van der Waals surface area contributed by atoms with Gasteiger partial charge in [0.15, 0.2) is 24.8 Å². The van der Waals surface area contributed by atoms with E-state index in [1.165, 1.54) is 36.4 Å². The summed E-state index contributed by atoms with van der Waals surface area (Å²) < 4.78 is 191. The van der Waals surface area contributed by atoms with Crippen LogP contribution in [-0.2, 0) is 39.0 Å². The van der Waals surface area contributed by atoms with E-state index in [2.05, 4.69) is 0 Å². The zero-order chi connectivity index (χ0) is 38.0. The van der Waals surface area contributed by atoms with Gasteiger partial charge in [0, 0.05) is 0 Å². The second kappa shape index (κ2) is 14.4. The lowest BCUT2D eigenvalue weighted by atomic mass is 10.1. The summed E-state index contributed by atoms with van der Waals surface area (Å²) in [6, 6.07) is 32.0. The predicted molar refractivity (Wildman–Crippen MR) is 160 cm³/mol. The summed E-state index contributed by atoms with van der Waals surface area (Å²) >= 11 is 0. The second-order valence-electron chi connectivity index (χ2n) is 9.78. The van der Waals surface area contributed by atoms with Gasteiger partial charge in [0.1, 0.15) is 5.75 Å². The molecule has 0 aliphatic heterocycles. The third-order valence-electron chi connectivity index (χ3n) is 6.22. The lowest BCUT2D eigenvalue weighted by molar-refractivity contribution is -0.382. The second-order valence-corrected chi connectivity index (χ2v) is 18.1. The minimum atomic E-state index is -7.43. The summed E-state index contributed by atoms with van der Waals surface area (Å²) in [7, 11) is -17.5. The number of benzene rings is 4. The first-order chi connectivity index (χ1) is 22.8. The van der Waals surface area contributed by atoms with Gasteiger partial charge in [0.05, 0.1) is 15.8 Å². The maximum atomic E-state index is 12.6. The Labute approximate surface area is 282 Å². The number of hydrogen-bond acceptors (Lipinski definition) is 8. The van der Waals surface area contributed by atoms with E-state index in [0.29, 0.717) is 0 Å². The molecule has 8 nitrogen and oxygen atoms in total. The molecule has 0 N–H and O–H groups in total. The Bertz CT molecular complexity index is 2060. The van der Waals surface area contributed by atoms with Crippen LogP contribution in [0.5, 0.6) is 5.75 Å². The van der Waals surface area contributed by atoms with Gasteiger partial charge >= 0.3 is 41.3 Å². The van der Waals surface area contributed by atoms with Crippen LogP contribution in [0.4, 0.5) is 39.5 Å². The third-order valence-corrected chi connectivity index (χ3v) is 13.5. The molecule has 4 aromatic rings. The predicted octanol–water partition coefficient (Wildman–Crippen LogP) is 7.15. The van der Waals surface area contributed by atoms with Gasteiger partial charge < -0.3 is 8.74 Å². The van der Waals surface area contributed by atoms with Crippen LogP contribution in [0.3, 0.4) is 0 Å². The molecule has 0 spiro atoms. The largest absolute Gasteiger partial charge is 0.743 e. The quantitative estimate of drug-likeness (QED) is 0.0716. The summed E-state index contributed by atoms with van der Waals surface area (Å²) in [5, 5.41) is -7.11. The smallest absolute Gasteiger partial charge is 0.460 e. The Morgan fingerprint density at radius 1 is 0.560 bits per heavy atom. The van der Waals surface area contributed by atoms with Crippen molar-refractivity contribution in [2.24, 2.45) is 0 Å². The van der Waals surface area contributed by atoms with Crippen LogP contribution >= 0.6 is 0 Å². The van der Waals surface area contributed by atoms with Crippen molar-refractivity contribution >= 4 is 39.0 Å². The average molecular weight is 797 g/mol. The Morgan fingerprint density at radius 3 is 1.34 bits per heavy atom. The van der Waals surface area contributed by atoms with Crippen LogP contribution in [0.1, 0.15) is 5.56 Å². The average Bonchev–Trinajstić information content (AvgIpc) is 3.02. The van der Waals surface area contributed by atoms with Crippen molar-refractivity contribution in [1.29, 1.82) is 0 Å². The Kier molecular flexibility index (Phi) is 11.7. The maximum absolute atomic E-state index is 12.6. The summed E-state index contributed by atoms with van der Waals surface area (Å²) in [6.45, 7) is 1.78. The molecule has 21 heteroatoms. The molecule has 0 amide bonds. The fourth-order valence-corrected chi connectivity index (χ4v) is 8.87. The van der Waals surface area contributed by atoms with E-state index in [9.17, 15) is 69.3 Å². The van der Waals surface area contributed by atoms with E-state index >= 15 is 0 Å². The molecule has 0 heterocycles. The molecule has 0 atom stereocenters. The van der Waals surface area contributed by atoms with Crippen molar-refractivity contribution < 1.29 is 73.5 Å². The summed E-state index contributed by atoms with van der Waals surface area (Å²) in [5.74, 6) is -14.9. The first-order valence-corrected chi connectivity index (χ1v) is 19.2. The van der Waals surface area contributed by atoms with Crippen LogP contribution < -0.4 is 4.18 Å². The molecule has 0 aliphatic carbocycles. The highest BCUT2D eigenvalue weighted by molar-refractivity contribution is 8.65. The number of rotatable bonds is 10. The van der Waals surface area contributed by atoms with E-state index in [4.69, 9.17) is 4.18 Å². The third kappa shape index (κ3) is 8.22. The van der Waals surface area contributed by atoms with Gasteiger partial charge in [-0.3, -0.25) is 0 Å². The van der Waals surface area contributed by atoms with E-state index < -0.39 is 62.3 Å². The number of aryl methyl sites for hydroxylation is 1. The highest BCUT2D eigenvalue weighted by Crippen LogP contribution is 2.54. The topological polar surface area (TPSA) is 135 Å². The normalized spacial score (nSPS) is 13.4. The van der Waals surface area contributed by atoms with Crippen LogP contribution in [0.25, 0.3) is 0 Å². The van der Waals surface area contributed by atoms with Crippen molar-refractivity contribution in [1.82, 2.24) is 0 Å². The number of halogens is 9. The van der Waals surface area contributed by atoms with Gasteiger partial charge in [0.25, 0.3) is 0 Å². The Morgan fingerprint density at radius 2 is 0.960 bits per heavy atom. The molecule has 0 radical (unpaired) electrons. The molecule has 0 fully saturated rings. The van der Waals surface area contributed by atoms with Crippen LogP contribution in [-0.4, -0.2) is 53.1 Å². The molecule has 50 heavy (non-hydrogen) atoms. The van der Waals surface area contributed by atoms with Crippen molar-refractivity contribution in [2.75, 3.05) is 0 Å². The van der Waals surface area contributed by atoms with Crippen molar-refractivity contribution in [2.45, 2.75) is 49.8 Å². The van der Waals surface area contributed by atoms with E-state index in [1.807, 2.05) is 60.7 Å². The molecule has 0 unspecified atom stereocenters. The zero-order valence-electron chi connectivity index (χ0n) is 24.7. The van der Waals surface area contributed by atoms with E-state index in [-0.39, 0.29) is 10.6 Å². The van der Waals surface area contributed by atoms with E-state index in [0.717, 1.165) is 20.2 Å². The lowest BCUT2D eigenvalue weighted by Crippen LogP contribution is -2.63. The molecular weight excluding hydrogens is 776 g/mol. The van der Waals surface area contributed by atoms with E-state index in [1.54, 1.807) is 19.1 Å². The van der Waals surface area contributed by atoms with Crippen LogP contribution in [0.2, 0.25) is 0 Å². The van der Waals surface area contributed by atoms with Crippen LogP contribution in [0, 0.1) is 6.92 Å². The van der Waals surface area contributed by atoms with Gasteiger partial charge in [-0.15, -0.1) is 0 Å². The molecule has 4 rings (SSSR count). The first kappa shape index (κ1) is 40.6. The summed E-state index contributed by atoms with van der Waals surface area (Å²) in [4.78, 5) is 2.82. The van der Waals surface area contributed by atoms with Crippen LogP contribution in [0.15, 0.2) is 129 Å². The lowest BCUT2D eigenvalue weighted by Gasteiger charge is -2.34. The SMILES string of the molecule is Cc1ccc(S(=O)(=O)S(=O)(=O)Oc2ccc([S+](c3ccccc3)c3ccccc3)cc2)cc1.O=S(=O)([O-])C(F)(F)C(F)(F)C(F)(F)C(F)(F)F. The molecule has 4 aromatic carbocycles. The van der Waals surface area contributed by atoms with Gasteiger partial charge in [0.2, 0.25) is 0 Å². The minimum Gasteiger partial charge on any atom is -0.743 e. The fourth-order valence-electron chi connectivity index (χ4n) is 3.66. The molecule has 0 saturated carbocycles. The maximum Gasteiger partial charge on any atom is 0.460 e.